The number of halogens is 2. The smallest absolute Gasteiger partial charge is 0.168 e. The van der Waals surface area contributed by atoms with E-state index in [4.69, 9.17) is 33.4 Å². The van der Waals surface area contributed by atoms with E-state index in [1.807, 2.05) is 0 Å². The van der Waals surface area contributed by atoms with Crippen LogP contribution in [-0.2, 0) is 11.2 Å². The predicted molar refractivity (Wildman–Crippen MR) is 76.3 cm³/mol. The summed E-state index contributed by atoms with van der Waals surface area (Å²) in [5.41, 5.74) is 0.470. The predicted octanol–water partition coefficient (Wildman–Crippen LogP) is -0.459. The molecule has 4 atom stereocenters. The fourth-order valence-corrected chi connectivity index (χ4v) is 1.99. The van der Waals surface area contributed by atoms with E-state index in [-0.39, 0.29) is 11.4 Å². The van der Waals surface area contributed by atoms with Crippen molar-refractivity contribution in [2.24, 2.45) is 0 Å². The van der Waals surface area contributed by atoms with Crippen molar-refractivity contribution in [2.75, 3.05) is 6.61 Å². The molecule has 118 valence electrons. The highest BCUT2D eigenvalue weighted by Gasteiger charge is 2.33. The molecule has 0 aliphatic heterocycles. The fraction of sp³-hybridized carbons (Fsp3) is 0.462. The summed E-state index contributed by atoms with van der Waals surface area (Å²) in [5.74, 6) is -0.773. The van der Waals surface area contributed by atoms with Gasteiger partial charge in [0.15, 0.2) is 5.78 Å². The van der Waals surface area contributed by atoms with Gasteiger partial charge < -0.3 is 25.5 Å². The highest BCUT2D eigenvalue weighted by atomic mass is 35.5. The SMILES string of the molecule is O=C(Cc1ccc(Cl)c(Cl)c1)[C@H](O)[C@@H](O)[C@H](O)[C@H](O)CO. The van der Waals surface area contributed by atoms with Crippen molar-refractivity contribution in [2.45, 2.75) is 30.8 Å². The molecule has 0 aliphatic rings. The minimum absolute atomic E-state index is 0.239. The maximum absolute atomic E-state index is 11.8. The van der Waals surface area contributed by atoms with E-state index in [0.717, 1.165) is 0 Å². The van der Waals surface area contributed by atoms with Gasteiger partial charge in [-0.1, -0.05) is 29.3 Å². The summed E-state index contributed by atoms with van der Waals surface area (Å²) in [6.07, 6.45) is -7.56. The Balaban J connectivity index is 2.71. The van der Waals surface area contributed by atoms with Crippen molar-refractivity contribution in [3.63, 3.8) is 0 Å². The van der Waals surface area contributed by atoms with Crippen LogP contribution < -0.4 is 0 Å². The summed E-state index contributed by atoms with van der Waals surface area (Å²) in [4.78, 5) is 11.8. The first-order valence-electron chi connectivity index (χ1n) is 6.07. The van der Waals surface area contributed by atoms with Crippen molar-refractivity contribution in [1.82, 2.24) is 0 Å². The van der Waals surface area contributed by atoms with E-state index in [1.54, 1.807) is 0 Å². The van der Waals surface area contributed by atoms with Crippen LogP contribution in [0.1, 0.15) is 5.56 Å². The topological polar surface area (TPSA) is 118 Å². The van der Waals surface area contributed by atoms with Gasteiger partial charge in [-0.25, -0.2) is 0 Å². The van der Waals surface area contributed by atoms with Crippen LogP contribution in [0, 0.1) is 0 Å². The molecule has 0 unspecified atom stereocenters. The minimum Gasteiger partial charge on any atom is -0.394 e. The first kappa shape index (κ1) is 18.3. The zero-order valence-corrected chi connectivity index (χ0v) is 12.4. The van der Waals surface area contributed by atoms with Crippen LogP contribution in [-0.4, -0.2) is 62.3 Å². The van der Waals surface area contributed by atoms with Gasteiger partial charge in [0.25, 0.3) is 0 Å². The first-order valence-corrected chi connectivity index (χ1v) is 6.83. The number of Topliss-reactive ketones (excluding diaryl/α,β-unsaturated/α-hetero) is 1. The maximum atomic E-state index is 11.8. The second kappa shape index (κ2) is 8.05. The number of ketones is 1. The third-order valence-electron chi connectivity index (χ3n) is 2.95. The lowest BCUT2D eigenvalue weighted by molar-refractivity contribution is -0.146. The Labute approximate surface area is 131 Å². The second-order valence-corrected chi connectivity index (χ2v) is 5.38. The highest BCUT2D eigenvalue weighted by Crippen LogP contribution is 2.23. The van der Waals surface area contributed by atoms with Crippen molar-refractivity contribution in [1.29, 1.82) is 0 Å². The summed E-state index contributed by atoms with van der Waals surface area (Å²) in [6, 6.07) is 4.46. The molecule has 1 aromatic rings. The molecule has 0 saturated carbocycles. The standard InChI is InChI=1S/C13H16Cl2O6/c14-7-2-1-6(3-8(7)15)4-9(17)11(19)13(21)12(20)10(18)5-16/h1-3,10-13,16,18-21H,4-5H2/t10-,11+,12-,13-/m1/s1. The molecule has 0 amide bonds. The van der Waals surface area contributed by atoms with Crippen LogP contribution in [0.3, 0.4) is 0 Å². The summed E-state index contributed by atoms with van der Waals surface area (Å²) in [5, 5.41) is 47.1. The van der Waals surface area contributed by atoms with Crippen LogP contribution in [0.2, 0.25) is 10.0 Å². The van der Waals surface area contributed by atoms with Crippen LogP contribution in [0.25, 0.3) is 0 Å². The molecule has 8 heteroatoms. The van der Waals surface area contributed by atoms with E-state index >= 15 is 0 Å². The average Bonchev–Trinajstić information content (AvgIpc) is 2.47. The molecule has 21 heavy (non-hydrogen) atoms. The van der Waals surface area contributed by atoms with Gasteiger partial charge >= 0.3 is 0 Å². The normalized spacial score (nSPS) is 17.1. The first-order chi connectivity index (χ1) is 9.77. The van der Waals surface area contributed by atoms with E-state index in [1.165, 1.54) is 18.2 Å². The Morgan fingerprint density at radius 3 is 2.19 bits per heavy atom. The van der Waals surface area contributed by atoms with E-state index in [9.17, 15) is 20.1 Å². The summed E-state index contributed by atoms with van der Waals surface area (Å²) in [7, 11) is 0. The van der Waals surface area contributed by atoms with E-state index < -0.39 is 36.8 Å². The third-order valence-corrected chi connectivity index (χ3v) is 3.69. The van der Waals surface area contributed by atoms with Crippen molar-refractivity contribution >= 4 is 29.0 Å². The summed E-state index contributed by atoms with van der Waals surface area (Å²) in [6.45, 7) is -0.814. The number of aliphatic hydroxyl groups excluding tert-OH is 5. The van der Waals surface area contributed by atoms with Crippen molar-refractivity contribution < 1.29 is 30.3 Å². The highest BCUT2D eigenvalue weighted by molar-refractivity contribution is 6.42. The molecule has 0 heterocycles. The molecule has 0 bridgehead atoms. The van der Waals surface area contributed by atoms with Crippen molar-refractivity contribution in [3.05, 3.63) is 33.8 Å². The zero-order chi connectivity index (χ0) is 16.2. The van der Waals surface area contributed by atoms with Crippen molar-refractivity contribution in [3.8, 4) is 0 Å². The molecule has 0 saturated heterocycles. The van der Waals surface area contributed by atoms with Gasteiger partial charge in [-0.15, -0.1) is 0 Å². The van der Waals surface area contributed by atoms with E-state index in [0.29, 0.717) is 10.6 Å². The Kier molecular flexibility index (Phi) is 7.02. The molecule has 6 nitrogen and oxygen atoms in total. The Morgan fingerprint density at radius 2 is 1.67 bits per heavy atom. The lowest BCUT2D eigenvalue weighted by atomic mass is 9.97. The molecule has 5 N–H and O–H groups in total. The quantitative estimate of drug-likeness (QED) is 0.459. The van der Waals surface area contributed by atoms with Gasteiger partial charge in [-0.2, -0.15) is 0 Å². The van der Waals surface area contributed by atoms with Crippen LogP contribution in [0.4, 0.5) is 0 Å². The van der Waals surface area contributed by atoms with Gasteiger partial charge in [-0.05, 0) is 17.7 Å². The lowest BCUT2D eigenvalue weighted by Gasteiger charge is -2.24. The van der Waals surface area contributed by atoms with Gasteiger partial charge in [0.05, 0.1) is 16.7 Å². The lowest BCUT2D eigenvalue weighted by Crippen LogP contribution is -2.49. The van der Waals surface area contributed by atoms with Gasteiger partial charge in [0.2, 0.25) is 0 Å². The second-order valence-electron chi connectivity index (χ2n) is 4.57. The number of hydrogen-bond acceptors (Lipinski definition) is 6. The number of carbonyl (C=O) groups excluding carboxylic acids is 1. The zero-order valence-electron chi connectivity index (χ0n) is 10.9. The van der Waals surface area contributed by atoms with E-state index in [2.05, 4.69) is 0 Å². The van der Waals surface area contributed by atoms with Gasteiger partial charge in [0.1, 0.15) is 24.4 Å². The molecular formula is C13H16Cl2O6. The number of hydrogen-bond donors (Lipinski definition) is 5. The van der Waals surface area contributed by atoms with Crippen LogP contribution >= 0.6 is 23.2 Å². The molecule has 0 spiro atoms. The Morgan fingerprint density at radius 1 is 1.05 bits per heavy atom. The minimum atomic E-state index is -1.91. The van der Waals surface area contributed by atoms with Crippen LogP contribution in [0.5, 0.6) is 0 Å². The summed E-state index contributed by atoms with van der Waals surface area (Å²) >= 11 is 11.5. The average molecular weight is 339 g/mol. The molecule has 0 fully saturated rings. The van der Waals surface area contributed by atoms with Gasteiger partial charge in [-0.3, -0.25) is 4.79 Å². The molecule has 0 radical (unpaired) electrons. The molecule has 1 aromatic carbocycles. The number of rotatable bonds is 7. The number of aliphatic hydroxyl groups is 5. The number of carbonyl (C=O) groups is 1. The maximum Gasteiger partial charge on any atom is 0.168 e. The van der Waals surface area contributed by atoms with Gasteiger partial charge in [0, 0.05) is 6.42 Å². The molecule has 0 aliphatic carbocycles. The largest absolute Gasteiger partial charge is 0.394 e. The number of benzene rings is 1. The monoisotopic (exact) mass is 338 g/mol. The van der Waals surface area contributed by atoms with Crippen LogP contribution in [0.15, 0.2) is 18.2 Å². The third kappa shape index (κ3) is 4.89. The molecule has 0 aromatic heterocycles. The Hall–Kier alpha value is -0.730. The summed E-state index contributed by atoms with van der Waals surface area (Å²) < 4.78 is 0. The Bertz CT molecular complexity index is 496. The fourth-order valence-electron chi connectivity index (χ4n) is 1.67. The molecule has 1 rings (SSSR count). The molecular weight excluding hydrogens is 323 g/mol.